The second-order valence-electron chi connectivity index (χ2n) is 6.84. The topological polar surface area (TPSA) is 67.8 Å². The van der Waals surface area contributed by atoms with Crippen LogP contribution >= 0.6 is 11.3 Å². The van der Waals surface area contributed by atoms with Crippen molar-refractivity contribution in [3.63, 3.8) is 0 Å². The Hall–Kier alpha value is -2.28. The molecule has 1 aromatic carbocycles. The Balaban J connectivity index is 1.61. The molecular formula is C21H30N4O2S. The van der Waals surface area contributed by atoms with Crippen molar-refractivity contribution in [2.24, 2.45) is 4.99 Å². The molecular weight excluding hydrogens is 372 g/mol. The Morgan fingerprint density at radius 2 is 2.04 bits per heavy atom. The summed E-state index contributed by atoms with van der Waals surface area (Å²) in [4.78, 5) is 8.90. The number of hydrogen-bond donors (Lipinski definition) is 2. The normalized spacial score (nSPS) is 14.9. The number of para-hydroxylation sites is 1. The smallest absolute Gasteiger partial charge is 0.191 e. The lowest BCUT2D eigenvalue weighted by Crippen LogP contribution is -2.36. The third kappa shape index (κ3) is 5.38. The lowest BCUT2D eigenvalue weighted by atomic mass is 10.1. The summed E-state index contributed by atoms with van der Waals surface area (Å²) in [6.45, 7) is 3.38. The molecule has 1 aliphatic carbocycles. The van der Waals surface area contributed by atoms with E-state index in [4.69, 9.17) is 9.47 Å². The SMILES string of the molecule is CCc1nc(CNC(=NC)NCc2cccc(OC)c2OC2CCCC2)cs1. The Kier molecular flexibility index (Phi) is 7.54. The van der Waals surface area contributed by atoms with Gasteiger partial charge in [0.05, 0.1) is 30.5 Å². The Bertz CT molecular complexity index is 784. The van der Waals surface area contributed by atoms with Gasteiger partial charge in [-0.15, -0.1) is 11.3 Å². The van der Waals surface area contributed by atoms with Crippen molar-refractivity contribution >= 4 is 17.3 Å². The van der Waals surface area contributed by atoms with E-state index in [0.29, 0.717) is 13.1 Å². The van der Waals surface area contributed by atoms with Crippen LogP contribution in [0.4, 0.5) is 0 Å². The molecule has 152 valence electrons. The van der Waals surface area contributed by atoms with Crippen molar-refractivity contribution in [1.82, 2.24) is 15.6 Å². The fourth-order valence-electron chi connectivity index (χ4n) is 3.33. The molecule has 1 heterocycles. The van der Waals surface area contributed by atoms with E-state index in [1.165, 1.54) is 12.8 Å². The molecule has 0 radical (unpaired) electrons. The summed E-state index contributed by atoms with van der Waals surface area (Å²) in [6, 6.07) is 6.02. The molecule has 0 atom stereocenters. The molecule has 0 spiro atoms. The van der Waals surface area contributed by atoms with Gasteiger partial charge in [0.25, 0.3) is 0 Å². The van der Waals surface area contributed by atoms with Gasteiger partial charge >= 0.3 is 0 Å². The van der Waals surface area contributed by atoms with E-state index in [2.05, 4.69) is 39.0 Å². The van der Waals surface area contributed by atoms with E-state index >= 15 is 0 Å². The molecule has 2 N–H and O–H groups in total. The first-order valence-corrected chi connectivity index (χ1v) is 10.8. The standard InChI is InChI=1S/C21H30N4O2S/c1-4-19-25-16(14-28-19)13-24-21(22-2)23-12-15-8-7-11-18(26-3)20(15)27-17-9-5-6-10-17/h7-8,11,14,17H,4-6,9-10,12-13H2,1-3H3,(H2,22,23,24). The van der Waals surface area contributed by atoms with E-state index in [0.717, 1.165) is 53.0 Å². The molecule has 0 unspecified atom stereocenters. The molecule has 1 saturated carbocycles. The van der Waals surface area contributed by atoms with Gasteiger partial charge in [-0.3, -0.25) is 4.99 Å². The number of ether oxygens (including phenoxy) is 2. The molecule has 1 aromatic heterocycles. The van der Waals surface area contributed by atoms with E-state index in [1.807, 2.05) is 12.1 Å². The molecule has 28 heavy (non-hydrogen) atoms. The Labute approximate surface area is 171 Å². The summed E-state index contributed by atoms with van der Waals surface area (Å²) < 4.78 is 11.8. The van der Waals surface area contributed by atoms with Crippen LogP contribution in [0.1, 0.15) is 48.9 Å². The number of hydrogen-bond acceptors (Lipinski definition) is 5. The average Bonchev–Trinajstić information content (AvgIpc) is 3.40. The fourth-order valence-corrected chi connectivity index (χ4v) is 4.08. The quantitative estimate of drug-likeness (QED) is 0.518. The number of methoxy groups -OCH3 is 1. The van der Waals surface area contributed by atoms with Gasteiger partial charge in [-0.25, -0.2) is 4.98 Å². The summed E-state index contributed by atoms with van der Waals surface area (Å²) in [6.07, 6.45) is 5.95. The van der Waals surface area contributed by atoms with Crippen molar-refractivity contribution in [3.8, 4) is 11.5 Å². The molecule has 1 fully saturated rings. The fraction of sp³-hybridized carbons (Fsp3) is 0.524. The summed E-state index contributed by atoms with van der Waals surface area (Å²) in [5.41, 5.74) is 2.10. The highest BCUT2D eigenvalue weighted by molar-refractivity contribution is 7.09. The molecule has 2 aromatic rings. The van der Waals surface area contributed by atoms with Gasteiger partial charge in [-0.1, -0.05) is 19.1 Å². The number of thiazole rings is 1. The van der Waals surface area contributed by atoms with E-state index in [9.17, 15) is 0 Å². The highest BCUT2D eigenvalue weighted by atomic mass is 32.1. The Morgan fingerprint density at radius 3 is 2.71 bits per heavy atom. The van der Waals surface area contributed by atoms with Crippen LogP contribution < -0.4 is 20.1 Å². The van der Waals surface area contributed by atoms with Crippen LogP contribution in [0.2, 0.25) is 0 Å². The molecule has 7 heteroatoms. The second kappa shape index (κ2) is 10.3. The van der Waals surface area contributed by atoms with Crippen LogP contribution in [0.15, 0.2) is 28.6 Å². The highest BCUT2D eigenvalue weighted by Crippen LogP contribution is 2.34. The predicted molar refractivity (Wildman–Crippen MR) is 114 cm³/mol. The van der Waals surface area contributed by atoms with Crippen LogP contribution in [0.5, 0.6) is 11.5 Å². The third-order valence-electron chi connectivity index (χ3n) is 4.88. The van der Waals surface area contributed by atoms with Crippen LogP contribution in [-0.2, 0) is 19.5 Å². The maximum atomic E-state index is 6.30. The number of nitrogens with one attached hydrogen (secondary N) is 2. The molecule has 6 nitrogen and oxygen atoms in total. The van der Waals surface area contributed by atoms with E-state index < -0.39 is 0 Å². The van der Waals surface area contributed by atoms with Crippen molar-refractivity contribution in [2.75, 3.05) is 14.2 Å². The maximum absolute atomic E-state index is 6.30. The zero-order valence-electron chi connectivity index (χ0n) is 17.0. The Morgan fingerprint density at radius 1 is 1.25 bits per heavy atom. The van der Waals surface area contributed by atoms with Crippen molar-refractivity contribution in [2.45, 2.75) is 58.2 Å². The largest absolute Gasteiger partial charge is 0.493 e. The summed E-state index contributed by atoms with van der Waals surface area (Å²) >= 11 is 1.70. The van der Waals surface area contributed by atoms with Crippen molar-refractivity contribution in [3.05, 3.63) is 39.8 Å². The molecule has 1 aliphatic rings. The molecule has 0 bridgehead atoms. The number of guanidine groups is 1. The minimum Gasteiger partial charge on any atom is -0.493 e. The van der Waals surface area contributed by atoms with Crippen LogP contribution in [0.25, 0.3) is 0 Å². The van der Waals surface area contributed by atoms with Gasteiger partial charge in [0.1, 0.15) is 0 Å². The number of aliphatic imine (C=N–C) groups is 1. The van der Waals surface area contributed by atoms with E-state index in [-0.39, 0.29) is 6.10 Å². The number of rotatable bonds is 8. The molecule has 0 aliphatic heterocycles. The monoisotopic (exact) mass is 402 g/mol. The molecule has 0 saturated heterocycles. The molecule has 3 rings (SSSR count). The number of benzene rings is 1. The van der Waals surface area contributed by atoms with Crippen LogP contribution in [0.3, 0.4) is 0 Å². The first-order valence-electron chi connectivity index (χ1n) is 9.93. The highest BCUT2D eigenvalue weighted by Gasteiger charge is 2.20. The lowest BCUT2D eigenvalue weighted by molar-refractivity contribution is 0.198. The predicted octanol–water partition coefficient (Wildman–Crippen LogP) is 3.90. The minimum atomic E-state index is 0.282. The second-order valence-corrected chi connectivity index (χ2v) is 7.78. The first-order chi connectivity index (χ1) is 13.7. The van der Waals surface area contributed by atoms with E-state index in [1.54, 1.807) is 25.5 Å². The van der Waals surface area contributed by atoms with Gasteiger partial charge in [0, 0.05) is 24.5 Å². The number of aryl methyl sites for hydroxylation is 1. The van der Waals surface area contributed by atoms with Crippen LogP contribution in [0, 0.1) is 0 Å². The van der Waals surface area contributed by atoms with Gasteiger partial charge in [0.2, 0.25) is 0 Å². The van der Waals surface area contributed by atoms with Gasteiger partial charge in [0.15, 0.2) is 17.5 Å². The third-order valence-corrected chi connectivity index (χ3v) is 5.92. The van der Waals surface area contributed by atoms with Crippen molar-refractivity contribution in [1.29, 1.82) is 0 Å². The van der Waals surface area contributed by atoms with Gasteiger partial charge < -0.3 is 20.1 Å². The summed E-state index contributed by atoms with van der Waals surface area (Å²) in [5, 5.41) is 9.95. The minimum absolute atomic E-state index is 0.282. The average molecular weight is 403 g/mol. The number of aromatic nitrogens is 1. The summed E-state index contributed by atoms with van der Waals surface area (Å²) in [5.74, 6) is 2.36. The zero-order valence-corrected chi connectivity index (χ0v) is 17.8. The first kappa shape index (κ1) is 20.5. The maximum Gasteiger partial charge on any atom is 0.191 e. The summed E-state index contributed by atoms with van der Waals surface area (Å²) in [7, 11) is 3.46. The zero-order chi connectivity index (χ0) is 19.8. The van der Waals surface area contributed by atoms with Crippen molar-refractivity contribution < 1.29 is 9.47 Å². The van der Waals surface area contributed by atoms with Crippen LogP contribution in [-0.4, -0.2) is 31.2 Å². The van der Waals surface area contributed by atoms with Gasteiger partial charge in [-0.05, 0) is 38.2 Å². The van der Waals surface area contributed by atoms with Gasteiger partial charge in [-0.2, -0.15) is 0 Å². The lowest BCUT2D eigenvalue weighted by Gasteiger charge is -2.20. The molecule has 0 amide bonds. The number of nitrogens with zero attached hydrogens (tertiary/aromatic N) is 2.